The van der Waals surface area contributed by atoms with Crippen LogP contribution in [0.5, 0.6) is 0 Å². The fraction of sp³-hybridized carbons (Fsp3) is 0.125. The quantitative estimate of drug-likeness (QED) is 0.673. The zero-order valence-corrected chi connectivity index (χ0v) is 11.6. The molecule has 0 radical (unpaired) electrons. The van der Waals surface area contributed by atoms with Crippen molar-refractivity contribution >= 4 is 22.6 Å². The number of carbonyl (C=O) groups excluding carboxylic acids is 1. The third kappa shape index (κ3) is 2.96. The predicted octanol–water partition coefficient (Wildman–Crippen LogP) is 2.50. The molecule has 3 aromatic rings. The van der Waals surface area contributed by atoms with Crippen LogP contribution >= 0.6 is 0 Å². The highest BCUT2D eigenvalue weighted by molar-refractivity contribution is 5.99. The number of hydrogen-bond donors (Lipinski definition) is 2. The topological polar surface area (TPSA) is 95.1 Å². The van der Waals surface area contributed by atoms with Gasteiger partial charge in [0.05, 0.1) is 11.6 Å². The molecule has 22 heavy (non-hydrogen) atoms. The number of nitrogen functional groups attached to an aromatic ring is 1. The molecule has 1 saturated carbocycles. The van der Waals surface area contributed by atoms with Gasteiger partial charge in [-0.05, 0) is 30.3 Å². The number of nitrogens with two attached hydrogens (primary N) is 2. The Kier molecular flexibility index (Phi) is 3.60. The fourth-order valence-electron chi connectivity index (χ4n) is 1.86. The summed E-state index contributed by atoms with van der Waals surface area (Å²) in [5.74, 6) is 0.171. The molecule has 112 valence electrons. The van der Waals surface area contributed by atoms with Crippen LogP contribution in [0.4, 0.5) is 10.1 Å². The lowest BCUT2D eigenvalue weighted by atomic mass is 10.2. The van der Waals surface area contributed by atoms with Crippen LogP contribution in [0.2, 0.25) is 0 Å². The Hall–Kier alpha value is -2.73. The summed E-state index contributed by atoms with van der Waals surface area (Å²) in [5, 5.41) is 0. The lowest BCUT2D eigenvalue weighted by Crippen LogP contribution is -1.99. The maximum atomic E-state index is 13.2. The normalized spacial score (nSPS) is 16.3. The van der Waals surface area contributed by atoms with Crippen LogP contribution < -0.4 is 11.5 Å². The van der Waals surface area contributed by atoms with Gasteiger partial charge in [0.1, 0.15) is 11.3 Å². The van der Waals surface area contributed by atoms with E-state index in [1.165, 1.54) is 18.2 Å². The number of hydrogen-bond acceptors (Lipinski definition) is 5. The second-order valence-electron chi connectivity index (χ2n) is 5.00. The van der Waals surface area contributed by atoms with Crippen molar-refractivity contribution in [2.24, 2.45) is 5.73 Å². The van der Waals surface area contributed by atoms with E-state index in [-0.39, 0.29) is 17.6 Å². The van der Waals surface area contributed by atoms with Gasteiger partial charge in [0, 0.05) is 12.1 Å². The van der Waals surface area contributed by atoms with Crippen LogP contribution in [0.3, 0.4) is 0 Å². The first-order chi connectivity index (χ1) is 10.5. The molecule has 2 aromatic carbocycles. The van der Waals surface area contributed by atoms with Crippen molar-refractivity contribution in [1.29, 1.82) is 0 Å². The molecule has 1 heterocycles. The minimum Gasteiger partial charge on any atom is -0.436 e. The van der Waals surface area contributed by atoms with Gasteiger partial charge in [0.15, 0.2) is 11.4 Å². The van der Waals surface area contributed by atoms with E-state index in [1.54, 1.807) is 6.07 Å². The molecular weight excluding hydrogens is 285 g/mol. The Morgan fingerprint density at radius 2 is 1.91 bits per heavy atom. The van der Waals surface area contributed by atoms with Crippen LogP contribution in [-0.2, 0) is 4.79 Å². The van der Waals surface area contributed by atoms with Gasteiger partial charge >= 0.3 is 0 Å². The second kappa shape index (κ2) is 5.57. The van der Waals surface area contributed by atoms with Crippen molar-refractivity contribution in [2.75, 3.05) is 5.73 Å². The molecule has 0 amide bonds. The third-order valence-electron chi connectivity index (χ3n) is 3.21. The van der Waals surface area contributed by atoms with Crippen LogP contribution in [0.15, 0.2) is 46.9 Å². The molecule has 0 aliphatic heterocycles. The first-order valence-electron chi connectivity index (χ1n) is 6.74. The number of halogens is 1. The monoisotopic (exact) mass is 299 g/mol. The largest absolute Gasteiger partial charge is 0.436 e. The molecule has 1 unspecified atom stereocenters. The number of anilines is 1. The van der Waals surface area contributed by atoms with Gasteiger partial charge in [-0.2, -0.15) is 0 Å². The number of aromatic nitrogens is 1. The molecule has 6 heteroatoms. The summed E-state index contributed by atoms with van der Waals surface area (Å²) >= 11 is 0. The summed E-state index contributed by atoms with van der Waals surface area (Å²) in [5.41, 5.74) is 13.1. The SMILES string of the molecule is NC1CC1=O.Nc1ccc(F)cc1-c1nc2ccccc2o1. The number of nitrogens with zero attached hydrogens (tertiary/aromatic N) is 1. The first kappa shape index (κ1) is 14.2. The lowest BCUT2D eigenvalue weighted by Gasteiger charge is -2.00. The number of carbonyl (C=O) groups is 1. The average molecular weight is 299 g/mol. The summed E-state index contributed by atoms with van der Waals surface area (Å²) in [6, 6.07) is 11.4. The summed E-state index contributed by atoms with van der Waals surface area (Å²) in [6.45, 7) is 0. The van der Waals surface area contributed by atoms with Gasteiger partial charge in [-0.25, -0.2) is 9.37 Å². The minimum absolute atomic E-state index is 0.0880. The lowest BCUT2D eigenvalue weighted by molar-refractivity contribution is -0.110. The summed E-state index contributed by atoms with van der Waals surface area (Å²) in [6.07, 6.45) is 0.611. The predicted molar refractivity (Wildman–Crippen MR) is 81.4 cm³/mol. The van der Waals surface area contributed by atoms with Crippen molar-refractivity contribution in [3.8, 4) is 11.5 Å². The number of oxazole rings is 1. The average Bonchev–Trinajstić information content (AvgIpc) is 3.01. The summed E-state index contributed by atoms with van der Waals surface area (Å²) in [4.78, 5) is 14.0. The number of rotatable bonds is 1. The van der Waals surface area contributed by atoms with E-state index in [0.29, 0.717) is 29.1 Å². The molecule has 1 atom stereocenters. The van der Waals surface area contributed by atoms with E-state index in [9.17, 15) is 9.18 Å². The Morgan fingerprint density at radius 3 is 2.55 bits per heavy atom. The number of benzene rings is 2. The van der Waals surface area contributed by atoms with Gasteiger partial charge in [-0.3, -0.25) is 4.79 Å². The van der Waals surface area contributed by atoms with Gasteiger partial charge < -0.3 is 15.9 Å². The number of fused-ring (bicyclic) bond motifs is 1. The van der Waals surface area contributed by atoms with E-state index in [4.69, 9.17) is 15.9 Å². The van der Waals surface area contributed by atoms with E-state index in [1.807, 2.05) is 18.2 Å². The highest BCUT2D eigenvalue weighted by Crippen LogP contribution is 2.28. The van der Waals surface area contributed by atoms with Crippen molar-refractivity contribution in [3.05, 3.63) is 48.3 Å². The smallest absolute Gasteiger partial charge is 0.229 e. The molecule has 4 N–H and O–H groups in total. The van der Waals surface area contributed by atoms with E-state index in [0.717, 1.165) is 5.52 Å². The molecule has 0 spiro atoms. The molecule has 1 aliphatic rings. The van der Waals surface area contributed by atoms with Gasteiger partial charge in [0.2, 0.25) is 5.89 Å². The summed E-state index contributed by atoms with van der Waals surface area (Å²) in [7, 11) is 0. The molecule has 1 aliphatic carbocycles. The Labute approximate surface area is 125 Å². The third-order valence-corrected chi connectivity index (χ3v) is 3.21. The highest BCUT2D eigenvalue weighted by atomic mass is 19.1. The van der Waals surface area contributed by atoms with Crippen LogP contribution in [0.1, 0.15) is 6.42 Å². The standard InChI is InChI=1S/C13H9FN2O.C3H5NO/c14-8-5-6-10(15)9(7-8)13-16-11-3-1-2-4-12(11)17-13;4-2-1-3(2)5/h1-7H,15H2;2H,1,4H2. The van der Waals surface area contributed by atoms with Crippen molar-refractivity contribution < 1.29 is 13.6 Å². The molecule has 0 bridgehead atoms. The number of Topliss-reactive ketones (excluding diaryl/α,β-unsaturated/α-hetero) is 1. The molecule has 1 fully saturated rings. The molecule has 0 saturated heterocycles. The van der Waals surface area contributed by atoms with Crippen LogP contribution in [-0.4, -0.2) is 16.8 Å². The van der Waals surface area contributed by atoms with Crippen molar-refractivity contribution in [1.82, 2.24) is 4.98 Å². The van der Waals surface area contributed by atoms with E-state index >= 15 is 0 Å². The van der Waals surface area contributed by atoms with Crippen LogP contribution in [0.25, 0.3) is 22.6 Å². The molecule has 5 nitrogen and oxygen atoms in total. The van der Waals surface area contributed by atoms with Gasteiger partial charge in [-0.15, -0.1) is 0 Å². The Morgan fingerprint density at radius 1 is 1.23 bits per heavy atom. The fourth-order valence-corrected chi connectivity index (χ4v) is 1.86. The minimum atomic E-state index is -0.364. The molecule has 4 rings (SSSR count). The van der Waals surface area contributed by atoms with E-state index in [2.05, 4.69) is 4.98 Å². The second-order valence-corrected chi connectivity index (χ2v) is 5.00. The van der Waals surface area contributed by atoms with Crippen LogP contribution in [0, 0.1) is 5.82 Å². The number of ketones is 1. The number of para-hydroxylation sites is 2. The Bertz CT molecular complexity index is 811. The van der Waals surface area contributed by atoms with Crippen molar-refractivity contribution in [3.63, 3.8) is 0 Å². The Balaban J connectivity index is 0.000000246. The van der Waals surface area contributed by atoms with Gasteiger partial charge in [0.25, 0.3) is 0 Å². The maximum Gasteiger partial charge on any atom is 0.229 e. The zero-order chi connectivity index (χ0) is 15.7. The van der Waals surface area contributed by atoms with Crippen molar-refractivity contribution in [2.45, 2.75) is 12.5 Å². The maximum absolute atomic E-state index is 13.2. The van der Waals surface area contributed by atoms with Gasteiger partial charge in [-0.1, -0.05) is 12.1 Å². The molecule has 1 aromatic heterocycles. The summed E-state index contributed by atoms with van der Waals surface area (Å²) < 4.78 is 18.7. The molecular formula is C16H14FN3O2. The van der Waals surface area contributed by atoms with E-state index < -0.39 is 0 Å². The zero-order valence-electron chi connectivity index (χ0n) is 11.6. The first-order valence-corrected chi connectivity index (χ1v) is 6.74. The highest BCUT2D eigenvalue weighted by Gasteiger charge is 2.29.